The molecule has 1 aliphatic heterocycles. The van der Waals surface area contributed by atoms with Gasteiger partial charge in [0.15, 0.2) is 0 Å². The summed E-state index contributed by atoms with van der Waals surface area (Å²) in [5.41, 5.74) is 0. The van der Waals surface area contributed by atoms with Crippen molar-refractivity contribution in [3.05, 3.63) is 0 Å². The zero-order valence-electron chi connectivity index (χ0n) is 10.4. The summed E-state index contributed by atoms with van der Waals surface area (Å²) in [7, 11) is 0. The van der Waals surface area contributed by atoms with Gasteiger partial charge in [0, 0.05) is 31.3 Å². The van der Waals surface area contributed by atoms with Crippen LogP contribution in [0, 0.1) is 5.92 Å². The van der Waals surface area contributed by atoms with Crippen LogP contribution < -0.4 is 10.6 Å². The van der Waals surface area contributed by atoms with E-state index in [-0.39, 0.29) is 5.91 Å². The molecule has 94 valence electrons. The zero-order chi connectivity index (χ0) is 11.8. The summed E-state index contributed by atoms with van der Waals surface area (Å²) >= 11 is 2.01. The molecule has 1 saturated heterocycles. The SMILES string of the molecule is CC(C)CNC(=O)CCNC1CCCSC1. The van der Waals surface area contributed by atoms with Crippen molar-refractivity contribution in [2.75, 3.05) is 24.6 Å². The maximum Gasteiger partial charge on any atom is 0.221 e. The van der Waals surface area contributed by atoms with Crippen LogP contribution in [0.2, 0.25) is 0 Å². The average Bonchev–Trinajstić information content (AvgIpc) is 2.28. The summed E-state index contributed by atoms with van der Waals surface area (Å²) < 4.78 is 0. The van der Waals surface area contributed by atoms with Crippen LogP contribution in [0.4, 0.5) is 0 Å². The minimum atomic E-state index is 0.171. The van der Waals surface area contributed by atoms with Crippen molar-refractivity contribution in [2.24, 2.45) is 5.92 Å². The Labute approximate surface area is 103 Å². The highest BCUT2D eigenvalue weighted by Gasteiger charge is 2.12. The third kappa shape index (κ3) is 6.38. The van der Waals surface area contributed by atoms with Crippen molar-refractivity contribution in [3.8, 4) is 0 Å². The van der Waals surface area contributed by atoms with Crippen molar-refractivity contribution in [1.29, 1.82) is 0 Å². The van der Waals surface area contributed by atoms with Crippen molar-refractivity contribution >= 4 is 17.7 Å². The van der Waals surface area contributed by atoms with Gasteiger partial charge in [0.25, 0.3) is 0 Å². The second-order valence-electron chi connectivity index (χ2n) is 4.82. The van der Waals surface area contributed by atoms with E-state index in [1.54, 1.807) is 0 Å². The maximum absolute atomic E-state index is 11.4. The molecular formula is C12H24N2OS. The van der Waals surface area contributed by atoms with E-state index in [0.717, 1.165) is 13.1 Å². The number of amides is 1. The Morgan fingerprint density at radius 2 is 2.31 bits per heavy atom. The summed E-state index contributed by atoms with van der Waals surface area (Å²) in [6.45, 7) is 5.82. The number of rotatable bonds is 6. The zero-order valence-corrected chi connectivity index (χ0v) is 11.2. The number of hydrogen-bond acceptors (Lipinski definition) is 3. The van der Waals surface area contributed by atoms with Crippen LogP contribution in [-0.2, 0) is 4.79 Å². The minimum absolute atomic E-state index is 0.171. The quantitative estimate of drug-likeness (QED) is 0.746. The van der Waals surface area contributed by atoms with Gasteiger partial charge in [0.2, 0.25) is 5.91 Å². The molecule has 4 heteroatoms. The fourth-order valence-corrected chi connectivity index (χ4v) is 2.80. The molecule has 0 aromatic rings. The molecule has 0 radical (unpaired) electrons. The number of thioether (sulfide) groups is 1. The molecule has 2 N–H and O–H groups in total. The van der Waals surface area contributed by atoms with Crippen LogP contribution in [0.1, 0.15) is 33.1 Å². The first-order valence-electron chi connectivity index (χ1n) is 6.26. The van der Waals surface area contributed by atoms with E-state index in [0.29, 0.717) is 18.4 Å². The molecule has 0 aromatic carbocycles. The van der Waals surface area contributed by atoms with Crippen LogP contribution >= 0.6 is 11.8 Å². The van der Waals surface area contributed by atoms with Crippen LogP contribution in [-0.4, -0.2) is 36.5 Å². The molecule has 16 heavy (non-hydrogen) atoms. The van der Waals surface area contributed by atoms with E-state index in [9.17, 15) is 4.79 Å². The first kappa shape index (κ1) is 13.8. The van der Waals surface area contributed by atoms with E-state index in [4.69, 9.17) is 0 Å². The summed E-state index contributed by atoms with van der Waals surface area (Å²) in [5, 5.41) is 6.39. The Bertz CT molecular complexity index is 203. The van der Waals surface area contributed by atoms with Gasteiger partial charge in [-0.25, -0.2) is 0 Å². The van der Waals surface area contributed by atoms with Gasteiger partial charge >= 0.3 is 0 Å². The molecular weight excluding hydrogens is 220 g/mol. The fourth-order valence-electron chi connectivity index (χ4n) is 1.70. The molecule has 1 unspecified atom stereocenters. The van der Waals surface area contributed by atoms with Crippen LogP contribution in [0.25, 0.3) is 0 Å². The third-order valence-electron chi connectivity index (χ3n) is 2.65. The number of carbonyl (C=O) groups excluding carboxylic acids is 1. The molecule has 1 rings (SSSR count). The standard InChI is InChI=1S/C12H24N2OS/c1-10(2)8-14-12(15)5-6-13-11-4-3-7-16-9-11/h10-11,13H,3-9H2,1-2H3,(H,14,15). The fraction of sp³-hybridized carbons (Fsp3) is 0.917. The largest absolute Gasteiger partial charge is 0.356 e. The van der Waals surface area contributed by atoms with Gasteiger partial charge in [-0.15, -0.1) is 0 Å². The number of hydrogen-bond donors (Lipinski definition) is 2. The monoisotopic (exact) mass is 244 g/mol. The Hall–Kier alpha value is -0.220. The van der Waals surface area contributed by atoms with Crippen molar-refractivity contribution < 1.29 is 4.79 Å². The summed E-state index contributed by atoms with van der Waals surface area (Å²) in [6, 6.07) is 0.622. The summed E-state index contributed by atoms with van der Waals surface area (Å²) in [5.74, 6) is 3.21. The van der Waals surface area contributed by atoms with Crippen LogP contribution in [0.15, 0.2) is 0 Å². The summed E-state index contributed by atoms with van der Waals surface area (Å²) in [4.78, 5) is 11.4. The molecule has 1 amide bonds. The average molecular weight is 244 g/mol. The van der Waals surface area contributed by atoms with Gasteiger partial charge in [-0.2, -0.15) is 11.8 Å². The van der Waals surface area contributed by atoms with Crippen LogP contribution in [0.5, 0.6) is 0 Å². The molecule has 1 aliphatic rings. The van der Waals surface area contributed by atoms with Crippen LogP contribution in [0.3, 0.4) is 0 Å². The normalized spacial score (nSPS) is 21.1. The van der Waals surface area contributed by atoms with Gasteiger partial charge in [-0.3, -0.25) is 4.79 Å². The lowest BCUT2D eigenvalue weighted by molar-refractivity contribution is -0.121. The third-order valence-corrected chi connectivity index (χ3v) is 3.87. The first-order valence-corrected chi connectivity index (χ1v) is 7.41. The van der Waals surface area contributed by atoms with Crippen molar-refractivity contribution in [3.63, 3.8) is 0 Å². The molecule has 1 fully saturated rings. The van der Waals surface area contributed by atoms with E-state index >= 15 is 0 Å². The molecule has 3 nitrogen and oxygen atoms in total. The Kier molecular flexibility index (Phi) is 6.88. The molecule has 0 aromatic heterocycles. The Morgan fingerprint density at radius 3 is 2.94 bits per heavy atom. The second kappa shape index (κ2) is 7.96. The highest BCUT2D eigenvalue weighted by molar-refractivity contribution is 7.99. The topological polar surface area (TPSA) is 41.1 Å². The lowest BCUT2D eigenvalue weighted by atomic mass is 10.2. The Morgan fingerprint density at radius 1 is 1.50 bits per heavy atom. The van der Waals surface area contributed by atoms with Crippen molar-refractivity contribution in [1.82, 2.24) is 10.6 Å². The van der Waals surface area contributed by atoms with Gasteiger partial charge in [0.1, 0.15) is 0 Å². The van der Waals surface area contributed by atoms with Gasteiger partial charge in [0.05, 0.1) is 0 Å². The predicted octanol–water partition coefficient (Wildman–Crippen LogP) is 1.63. The van der Waals surface area contributed by atoms with Gasteiger partial charge in [-0.1, -0.05) is 13.8 Å². The molecule has 0 aliphatic carbocycles. The van der Waals surface area contributed by atoms with E-state index < -0.39 is 0 Å². The van der Waals surface area contributed by atoms with Gasteiger partial charge < -0.3 is 10.6 Å². The predicted molar refractivity (Wildman–Crippen MR) is 70.8 cm³/mol. The molecule has 1 atom stereocenters. The molecule has 0 bridgehead atoms. The van der Waals surface area contributed by atoms with E-state index in [1.807, 2.05) is 11.8 Å². The number of carbonyl (C=O) groups is 1. The highest BCUT2D eigenvalue weighted by Crippen LogP contribution is 2.16. The molecule has 1 heterocycles. The first-order chi connectivity index (χ1) is 7.68. The van der Waals surface area contributed by atoms with Gasteiger partial charge in [-0.05, 0) is 24.5 Å². The Balaban J connectivity index is 1.99. The second-order valence-corrected chi connectivity index (χ2v) is 5.97. The summed E-state index contributed by atoms with van der Waals surface area (Å²) in [6.07, 6.45) is 3.18. The molecule has 0 saturated carbocycles. The van der Waals surface area contributed by atoms with E-state index in [1.165, 1.54) is 24.3 Å². The smallest absolute Gasteiger partial charge is 0.221 e. The maximum atomic E-state index is 11.4. The minimum Gasteiger partial charge on any atom is -0.356 e. The lowest BCUT2D eigenvalue weighted by Crippen LogP contribution is -2.37. The number of nitrogens with one attached hydrogen (secondary N) is 2. The molecule has 0 spiro atoms. The van der Waals surface area contributed by atoms with E-state index in [2.05, 4.69) is 24.5 Å². The van der Waals surface area contributed by atoms with Crippen molar-refractivity contribution in [2.45, 2.75) is 39.2 Å². The highest BCUT2D eigenvalue weighted by atomic mass is 32.2. The lowest BCUT2D eigenvalue weighted by Gasteiger charge is -2.22.